The molecule has 1 rings (SSSR count). The van der Waals surface area contributed by atoms with Gasteiger partial charge in [0, 0.05) is 18.5 Å². The van der Waals surface area contributed by atoms with Gasteiger partial charge in [-0.3, -0.25) is 4.79 Å². The number of hydrogen-bond donors (Lipinski definition) is 1. The van der Waals surface area contributed by atoms with Gasteiger partial charge in [-0.05, 0) is 45.9 Å². The number of halogens is 3. The van der Waals surface area contributed by atoms with Gasteiger partial charge >= 0.3 is 6.18 Å². The Bertz CT molecular complexity index is 517. The molecule has 0 bridgehead atoms. The Morgan fingerprint density at radius 3 is 2.14 bits per heavy atom. The van der Waals surface area contributed by atoms with E-state index in [1.54, 1.807) is 6.92 Å². The van der Waals surface area contributed by atoms with Gasteiger partial charge in [0.15, 0.2) is 0 Å². The number of anilines is 2. The van der Waals surface area contributed by atoms with Crippen LogP contribution in [-0.2, 0) is 11.0 Å². The molecule has 22 heavy (non-hydrogen) atoms. The normalized spacial score (nSPS) is 11.9. The summed E-state index contributed by atoms with van der Waals surface area (Å²) in [5, 5.41) is 2.58. The molecule has 0 spiro atoms. The van der Waals surface area contributed by atoms with Crippen molar-refractivity contribution in [3.05, 3.63) is 23.8 Å². The van der Waals surface area contributed by atoms with E-state index in [0.717, 1.165) is 12.1 Å². The molecule has 124 valence electrons. The fourth-order valence-electron chi connectivity index (χ4n) is 2.43. The Labute approximate surface area is 129 Å². The quantitative estimate of drug-likeness (QED) is 0.855. The van der Waals surface area contributed by atoms with E-state index in [-0.39, 0.29) is 30.1 Å². The highest BCUT2D eigenvalue weighted by Gasteiger charge is 2.32. The second kappa shape index (κ2) is 7.03. The molecule has 0 heterocycles. The highest BCUT2D eigenvalue weighted by Crippen LogP contribution is 2.36. The maximum Gasteiger partial charge on any atom is 0.416 e. The molecule has 6 heteroatoms. The molecule has 0 radical (unpaired) electrons. The van der Waals surface area contributed by atoms with Gasteiger partial charge in [-0.25, -0.2) is 0 Å². The predicted octanol–water partition coefficient (Wildman–Crippen LogP) is 4.68. The van der Waals surface area contributed by atoms with Crippen LogP contribution in [0.25, 0.3) is 0 Å². The van der Waals surface area contributed by atoms with Gasteiger partial charge in [-0.2, -0.15) is 13.2 Å². The lowest BCUT2D eigenvalue weighted by Gasteiger charge is -2.35. The minimum Gasteiger partial charge on any atom is -0.365 e. The summed E-state index contributed by atoms with van der Waals surface area (Å²) in [6, 6.07) is 3.66. The van der Waals surface area contributed by atoms with Gasteiger partial charge in [0.05, 0.1) is 16.9 Å². The molecule has 0 aliphatic rings. The highest BCUT2D eigenvalue weighted by molar-refractivity contribution is 5.94. The Morgan fingerprint density at radius 2 is 1.73 bits per heavy atom. The predicted molar refractivity (Wildman–Crippen MR) is 83.1 cm³/mol. The van der Waals surface area contributed by atoms with Crippen molar-refractivity contribution in [3.8, 4) is 0 Å². The van der Waals surface area contributed by atoms with E-state index in [1.165, 1.54) is 6.07 Å². The molecule has 0 aliphatic carbocycles. The molecule has 0 saturated heterocycles. The minimum atomic E-state index is -4.44. The Hall–Kier alpha value is -1.72. The van der Waals surface area contributed by atoms with Crippen molar-refractivity contribution in [3.63, 3.8) is 0 Å². The first-order valence-electron chi connectivity index (χ1n) is 7.37. The summed E-state index contributed by atoms with van der Waals surface area (Å²) in [7, 11) is 0. The van der Waals surface area contributed by atoms with E-state index in [2.05, 4.69) is 5.32 Å². The number of alkyl halides is 3. The monoisotopic (exact) mass is 316 g/mol. The van der Waals surface area contributed by atoms with Gasteiger partial charge in [-0.15, -0.1) is 0 Å². The molecule has 0 saturated carbocycles. The molecule has 3 nitrogen and oxygen atoms in total. The number of carbonyl (C=O) groups is 1. The van der Waals surface area contributed by atoms with Crippen LogP contribution < -0.4 is 10.2 Å². The molecule has 1 N–H and O–H groups in total. The smallest absolute Gasteiger partial charge is 0.365 e. The standard InChI is InChI=1S/C16H23F3N2O/c1-6-15(22)20-13-9-12(16(17,18)19)7-8-14(13)21(10(2)3)11(4)5/h7-11H,6H2,1-5H3,(H,20,22). The average molecular weight is 316 g/mol. The fourth-order valence-corrected chi connectivity index (χ4v) is 2.43. The number of rotatable bonds is 5. The Balaban J connectivity index is 3.39. The first-order chi connectivity index (χ1) is 10.1. The lowest BCUT2D eigenvalue weighted by molar-refractivity contribution is -0.137. The van der Waals surface area contributed by atoms with Crippen molar-refractivity contribution < 1.29 is 18.0 Å². The summed E-state index contributed by atoms with van der Waals surface area (Å²) in [6.45, 7) is 9.50. The number of nitrogens with zero attached hydrogens (tertiary/aromatic N) is 1. The molecular formula is C16H23F3N2O. The van der Waals surface area contributed by atoms with Gasteiger partial charge in [-0.1, -0.05) is 6.92 Å². The van der Waals surface area contributed by atoms with E-state index >= 15 is 0 Å². The zero-order chi connectivity index (χ0) is 17.1. The molecule has 0 atom stereocenters. The topological polar surface area (TPSA) is 32.3 Å². The van der Waals surface area contributed by atoms with E-state index < -0.39 is 11.7 Å². The maximum absolute atomic E-state index is 12.9. The van der Waals surface area contributed by atoms with E-state index in [1.807, 2.05) is 32.6 Å². The van der Waals surface area contributed by atoms with E-state index in [9.17, 15) is 18.0 Å². The molecule has 0 fully saturated rings. The molecule has 0 aliphatic heterocycles. The maximum atomic E-state index is 12.9. The zero-order valence-corrected chi connectivity index (χ0v) is 13.6. The highest BCUT2D eigenvalue weighted by atomic mass is 19.4. The number of nitrogens with one attached hydrogen (secondary N) is 1. The SMILES string of the molecule is CCC(=O)Nc1cc(C(F)(F)F)ccc1N(C(C)C)C(C)C. The second-order valence-corrected chi connectivity index (χ2v) is 5.73. The first kappa shape index (κ1) is 18.3. The summed E-state index contributed by atoms with van der Waals surface area (Å²) in [4.78, 5) is 13.6. The van der Waals surface area contributed by atoms with E-state index in [0.29, 0.717) is 5.69 Å². The second-order valence-electron chi connectivity index (χ2n) is 5.73. The molecule has 1 amide bonds. The van der Waals surface area contributed by atoms with Gasteiger partial charge in [0.1, 0.15) is 0 Å². The van der Waals surface area contributed by atoms with Crippen LogP contribution in [0.3, 0.4) is 0 Å². The third-order valence-corrected chi connectivity index (χ3v) is 3.31. The summed E-state index contributed by atoms with van der Waals surface area (Å²) in [5.41, 5.74) is 0.0268. The molecule has 1 aromatic rings. The van der Waals surface area contributed by atoms with Crippen molar-refractivity contribution in [2.45, 2.75) is 59.3 Å². The van der Waals surface area contributed by atoms with Crippen molar-refractivity contribution in [1.29, 1.82) is 0 Å². The summed E-state index contributed by atoms with van der Waals surface area (Å²) in [6.07, 6.45) is -4.23. The number of benzene rings is 1. The number of hydrogen-bond acceptors (Lipinski definition) is 2. The first-order valence-corrected chi connectivity index (χ1v) is 7.37. The van der Waals surface area contributed by atoms with Crippen molar-refractivity contribution >= 4 is 17.3 Å². The average Bonchev–Trinajstić information content (AvgIpc) is 2.38. The van der Waals surface area contributed by atoms with Crippen molar-refractivity contribution in [2.24, 2.45) is 0 Å². The minimum absolute atomic E-state index is 0.0917. The summed E-state index contributed by atoms with van der Waals surface area (Å²) < 4.78 is 38.7. The lowest BCUT2D eigenvalue weighted by atomic mass is 10.1. The number of amides is 1. The van der Waals surface area contributed by atoms with E-state index in [4.69, 9.17) is 0 Å². The van der Waals surface area contributed by atoms with Gasteiger partial charge in [0.25, 0.3) is 0 Å². The Morgan fingerprint density at radius 1 is 1.18 bits per heavy atom. The molecule has 0 unspecified atom stereocenters. The molecular weight excluding hydrogens is 293 g/mol. The van der Waals surface area contributed by atoms with Crippen LogP contribution in [0.4, 0.5) is 24.5 Å². The van der Waals surface area contributed by atoms with Crippen LogP contribution in [0.1, 0.15) is 46.6 Å². The van der Waals surface area contributed by atoms with Crippen LogP contribution in [-0.4, -0.2) is 18.0 Å². The molecule has 1 aromatic carbocycles. The third kappa shape index (κ3) is 4.39. The van der Waals surface area contributed by atoms with Gasteiger partial charge in [0.2, 0.25) is 5.91 Å². The van der Waals surface area contributed by atoms with Crippen LogP contribution in [0.5, 0.6) is 0 Å². The fraction of sp³-hybridized carbons (Fsp3) is 0.562. The number of carbonyl (C=O) groups excluding carboxylic acids is 1. The Kier molecular flexibility index (Phi) is 5.85. The van der Waals surface area contributed by atoms with Gasteiger partial charge < -0.3 is 10.2 Å². The summed E-state index contributed by atoms with van der Waals surface area (Å²) in [5.74, 6) is -0.312. The van der Waals surface area contributed by atoms with Crippen LogP contribution in [0, 0.1) is 0 Å². The third-order valence-electron chi connectivity index (χ3n) is 3.31. The lowest BCUT2D eigenvalue weighted by Crippen LogP contribution is -2.37. The van der Waals surface area contributed by atoms with Crippen molar-refractivity contribution in [2.75, 3.05) is 10.2 Å². The zero-order valence-electron chi connectivity index (χ0n) is 13.6. The van der Waals surface area contributed by atoms with Crippen LogP contribution in [0.15, 0.2) is 18.2 Å². The largest absolute Gasteiger partial charge is 0.416 e. The van der Waals surface area contributed by atoms with Crippen LogP contribution >= 0.6 is 0 Å². The molecule has 0 aromatic heterocycles. The summed E-state index contributed by atoms with van der Waals surface area (Å²) >= 11 is 0. The van der Waals surface area contributed by atoms with Crippen LogP contribution in [0.2, 0.25) is 0 Å². The van der Waals surface area contributed by atoms with Crippen molar-refractivity contribution in [1.82, 2.24) is 0 Å².